The Hall–Kier alpha value is -0.710. The molecule has 1 aromatic rings. The summed E-state index contributed by atoms with van der Waals surface area (Å²) in [7, 11) is 0. The van der Waals surface area contributed by atoms with Gasteiger partial charge < -0.3 is 5.32 Å². The van der Waals surface area contributed by atoms with Crippen molar-refractivity contribution >= 4 is 11.6 Å². The molecule has 2 rings (SSSR count). The highest BCUT2D eigenvalue weighted by Crippen LogP contribution is 2.34. The summed E-state index contributed by atoms with van der Waals surface area (Å²) in [6.45, 7) is 4.49. The molecular formula is C14H19ClF2N2. The van der Waals surface area contributed by atoms with E-state index in [4.69, 9.17) is 11.6 Å². The molecule has 0 aromatic heterocycles. The maximum Gasteiger partial charge on any atom is 0.132 e. The van der Waals surface area contributed by atoms with Crippen LogP contribution in [0.4, 0.5) is 8.78 Å². The van der Waals surface area contributed by atoms with Crippen molar-refractivity contribution in [3.63, 3.8) is 0 Å². The lowest BCUT2D eigenvalue weighted by Crippen LogP contribution is -2.45. The van der Waals surface area contributed by atoms with E-state index in [2.05, 4.69) is 10.2 Å². The number of halogens is 3. The number of piperazine rings is 1. The zero-order valence-corrected chi connectivity index (χ0v) is 11.8. The summed E-state index contributed by atoms with van der Waals surface area (Å²) in [6, 6.07) is 3.08. The first-order valence-corrected chi connectivity index (χ1v) is 6.98. The first-order chi connectivity index (χ1) is 9.15. The molecule has 0 unspecified atom stereocenters. The van der Waals surface area contributed by atoms with Gasteiger partial charge in [-0.15, -0.1) is 0 Å². The molecule has 0 saturated carbocycles. The van der Waals surface area contributed by atoms with Gasteiger partial charge in [0.25, 0.3) is 0 Å². The monoisotopic (exact) mass is 288 g/mol. The van der Waals surface area contributed by atoms with E-state index < -0.39 is 6.67 Å². The normalized spacial score (nSPS) is 18.5. The van der Waals surface area contributed by atoms with Crippen LogP contribution in [-0.4, -0.2) is 37.8 Å². The lowest BCUT2D eigenvalue weighted by molar-refractivity contribution is 0.154. The molecule has 1 saturated heterocycles. The summed E-state index contributed by atoms with van der Waals surface area (Å²) >= 11 is 6.15. The second kappa shape index (κ2) is 6.64. The highest BCUT2D eigenvalue weighted by Gasteiger charge is 2.27. The summed E-state index contributed by atoms with van der Waals surface area (Å²) in [6.07, 6.45) is 0.278. The molecule has 1 fully saturated rings. The summed E-state index contributed by atoms with van der Waals surface area (Å²) in [5, 5.41) is 3.63. The Kier molecular flexibility index (Phi) is 5.13. The average Bonchev–Trinajstić information content (AvgIpc) is 2.43. The Balaban J connectivity index is 2.35. The minimum atomic E-state index is -0.474. The van der Waals surface area contributed by atoms with E-state index in [9.17, 15) is 8.78 Å². The van der Waals surface area contributed by atoms with Crippen molar-refractivity contribution < 1.29 is 8.78 Å². The number of nitrogens with one attached hydrogen (secondary N) is 1. The Bertz CT molecular complexity index is 434. The fourth-order valence-electron chi connectivity index (χ4n) is 2.59. The molecule has 1 heterocycles. The van der Waals surface area contributed by atoms with Crippen LogP contribution in [0, 0.1) is 12.7 Å². The van der Waals surface area contributed by atoms with E-state index in [-0.39, 0.29) is 18.3 Å². The molecule has 1 aliphatic heterocycles. The maximum absolute atomic E-state index is 14.3. The van der Waals surface area contributed by atoms with Gasteiger partial charge in [0.05, 0.1) is 6.67 Å². The molecule has 1 aromatic carbocycles. The molecule has 1 aliphatic rings. The van der Waals surface area contributed by atoms with Gasteiger partial charge in [-0.25, -0.2) is 4.39 Å². The SMILES string of the molecule is Cc1ccc(Cl)c([C@@H](CCF)N2CCNCC2)c1F. The molecular weight excluding hydrogens is 270 g/mol. The average molecular weight is 289 g/mol. The van der Waals surface area contributed by atoms with Gasteiger partial charge in [0, 0.05) is 42.8 Å². The predicted molar refractivity (Wildman–Crippen MR) is 73.9 cm³/mol. The summed E-state index contributed by atoms with van der Waals surface area (Å²) in [4.78, 5) is 2.11. The summed E-state index contributed by atoms with van der Waals surface area (Å²) in [5.41, 5.74) is 1.000. The number of aryl methyl sites for hydroxylation is 1. The second-order valence-electron chi connectivity index (χ2n) is 4.87. The lowest BCUT2D eigenvalue weighted by atomic mass is 9.98. The van der Waals surface area contributed by atoms with Crippen LogP contribution in [0.25, 0.3) is 0 Å². The van der Waals surface area contributed by atoms with E-state index in [0.29, 0.717) is 16.1 Å². The third-order valence-corrected chi connectivity index (χ3v) is 3.96. The van der Waals surface area contributed by atoms with Crippen LogP contribution >= 0.6 is 11.6 Å². The number of nitrogens with zero attached hydrogens (tertiary/aromatic N) is 1. The smallest absolute Gasteiger partial charge is 0.132 e. The molecule has 0 bridgehead atoms. The van der Waals surface area contributed by atoms with Crippen LogP contribution in [0.1, 0.15) is 23.6 Å². The molecule has 0 aliphatic carbocycles. The minimum absolute atomic E-state index is 0.278. The van der Waals surface area contributed by atoms with Gasteiger partial charge in [-0.1, -0.05) is 17.7 Å². The number of benzene rings is 1. The first-order valence-electron chi connectivity index (χ1n) is 6.60. The molecule has 1 N–H and O–H groups in total. The first kappa shape index (κ1) is 14.7. The quantitative estimate of drug-likeness (QED) is 0.916. The standard InChI is InChI=1S/C14H19ClF2N2/c1-10-2-3-11(15)13(14(10)17)12(4-5-16)19-8-6-18-7-9-19/h2-3,12,18H,4-9H2,1H3/t12-/m1/s1. The molecule has 106 valence electrons. The topological polar surface area (TPSA) is 15.3 Å². The summed E-state index contributed by atoms with van der Waals surface area (Å²) in [5.74, 6) is -0.301. The highest BCUT2D eigenvalue weighted by molar-refractivity contribution is 6.31. The van der Waals surface area contributed by atoms with Gasteiger partial charge in [0.2, 0.25) is 0 Å². The molecule has 2 nitrogen and oxygen atoms in total. The van der Waals surface area contributed by atoms with Gasteiger partial charge in [0.15, 0.2) is 0 Å². The van der Waals surface area contributed by atoms with Crippen LogP contribution in [-0.2, 0) is 0 Å². The zero-order chi connectivity index (χ0) is 13.8. The molecule has 0 spiro atoms. The molecule has 1 atom stereocenters. The molecule has 0 amide bonds. The third kappa shape index (κ3) is 3.25. The van der Waals surface area contributed by atoms with E-state index in [0.717, 1.165) is 26.2 Å². The van der Waals surface area contributed by atoms with Crippen molar-refractivity contribution in [1.29, 1.82) is 0 Å². The van der Waals surface area contributed by atoms with Crippen molar-refractivity contribution in [3.8, 4) is 0 Å². The number of hydrogen-bond donors (Lipinski definition) is 1. The van der Waals surface area contributed by atoms with E-state index >= 15 is 0 Å². The molecule has 5 heteroatoms. The predicted octanol–water partition coefficient (Wildman–Crippen LogP) is 3.09. The lowest BCUT2D eigenvalue weighted by Gasteiger charge is -2.35. The minimum Gasteiger partial charge on any atom is -0.314 e. The van der Waals surface area contributed by atoms with Gasteiger partial charge in [-0.2, -0.15) is 0 Å². The highest BCUT2D eigenvalue weighted by atomic mass is 35.5. The van der Waals surface area contributed by atoms with Crippen LogP contribution in [0.3, 0.4) is 0 Å². The number of hydrogen-bond acceptors (Lipinski definition) is 2. The zero-order valence-electron chi connectivity index (χ0n) is 11.1. The molecule has 0 radical (unpaired) electrons. The Morgan fingerprint density at radius 3 is 2.68 bits per heavy atom. The van der Waals surface area contributed by atoms with Crippen molar-refractivity contribution in [2.75, 3.05) is 32.9 Å². The maximum atomic E-state index is 14.3. The number of rotatable bonds is 4. The summed E-state index contributed by atoms with van der Waals surface area (Å²) < 4.78 is 27.2. The Morgan fingerprint density at radius 1 is 1.37 bits per heavy atom. The van der Waals surface area contributed by atoms with Crippen molar-refractivity contribution in [2.45, 2.75) is 19.4 Å². The van der Waals surface area contributed by atoms with Crippen LogP contribution < -0.4 is 5.32 Å². The van der Waals surface area contributed by atoms with Gasteiger partial charge in [-0.3, -0.25) is 9.29 Å². The van der Waals surface area contributed by atoms with E-state index in [1.165, 1.54) is 0 Å². The molecule has 19 heavy (non-hydrogen) atoms. The fourth-order valence-corrected chi connectivity index (χ4v) is 2.86. The van der Waals surface area contributed by atoms with Crippen LogP contribution in [0.15, 0.2) is 12.1 Å². The van der Waals surface area contributed by atoms with Gasteiger partial charge >= 0.3 is 0 Å². The van der Waals surface area contributed by atoms with E-state index in [1.807, 2.05) is 0 Å². The van der Waals surface area contributed by atoms with Gasteiger partial charge in [0.1, 0.15) is 5.82 Å². The van der Waals surface area contributed by atoms with Crippen LogP contribution in [0.2, 0.25) is 5.02 Å². The fraction of sp³-hybridized carbons (Fsp3) is 0.571. The Morgan fingerprint density at radius 2 is 2.05 bits per heavy atom. The van der Waals surface area contributed by atoms with Crippen molar-refractivity contribution in [3.05, 3.63) is 34.1 Å². The number of alkyl halides is 1. The van der Waals surface area contributed by atoms with Crippen molar-refractivity contribution in [2.24, 2.45) is 0 Å². The second-order valence-corrected chi connectivity index (χ2v) is 5.28. The van der Waals surface area contributed by atoms with Gasteiger partial charge in [-0.05, 0) is 25.0 Å². The Labute approximate surface area is 117 Å². The van der Waals surface area contributed by atoms with Crippen LogP contribution in [0.5, 0.6) is 0 Å². The third-order valence-electron chi connectivity index (χ3n) is 3.63. The van der Waals surface area contributed by atoms with Crippen molar-refractivity contribution in [1.82, 2.24) is 10.2 Å². The largest absolute Gasteiger partial charge is 0.314 e. The van der Waals surface area contributed by atoms with E-state index in [1.54, 1.807) is 19.1 Å².